The van der Waals surface area contributed by atoms with Crippen molar-refractivity contribution < 1.29 is 0 Å². The monoisotopic (exact) mass is 256 g/mol. The van der Waals surface area contributed by atoms with Crippen LogP contribution in [0.15, 0.2) is 0 Å². The Morgan fingerprint density at radius 1 is 1.29 bits per heavy atom. The second-order valence-electron chi connectivity index (χ2n) is 6.25. The molecule has 2 fully saturated rings. The second-order valence-corrected chi connectivity index (χ2v) is 7.76. The average molecular weight is 256 g/mol. The molecule has 2 saturated heterocycles. The molecule has 0 aliphatic carbocycles. The van der Waals surface area contributed by atoms with Gasteiger partial charge in [0, 0.05) is 36.5 Å². The lowest BCUT2D eigenvalue weighted by Crippen LogP contribution is -2.58. The molecule has 0 aromatic heterocycles. The number of hydrogen-bond acceptors (Lipinski definition) is 3. The molecular weight excluding hydrogens is 228 g/mol. The second kappa shape index (κ2) is 5.50. The van der Waals surface area contributed by atoms with Crippen molar-refractivity contribution in [2.75, 3.05) is 32.4 Å². The third-order valence-corrected chi connectivity index (χ3v) is 5.75. The maximum absolute atomic E-state index is 2.77. The SMILES string of the molecule is CCC1CN2CCCC2CN1CC(C)(C)SC. The summed E-state index contributed by atoms with van der Waals surface area (Å²) in [4.78, 5) is 5.50. The molecule has 2 unspecified atom stereocenters. The lowest BCUT2D eigenvalue weighted by Gasteiger charge is -2.46. The zero-order chi connectivity index (χ0) is 12.5. The molecule has 3 heteroatoms. The predicted molar refractivity (Wildman–Crippen MR) is 77.8 cm³/mol. The predicted octanol–water partition coefficient (Wildman–Crippen LogP) is 2.69. The molecule has 2 nitrogen and oxygen atoms in total. The largest absolute Gasteiger partial charge is 0.298 e. The summed E-state index contributed by atoms with van der Waals surface area (Å²) in [6.45, 7) is 12.3. The molecule has 2 aliphatic rings. The van der Waals surface area contributed by atoms with E-state index in [1.165, 1.54) is 45.4 Å². The van der Waals surface area contributed by atoms with E-state index in [0.29, 0.717) is 4.75 Å². The summed E-state index contributed by atoms with van der Waals surface area (Å²) in [6.07, 6.45) is 6.38. The van der Waals surface area contributed by atoms with Gasteiger partial charge in [0.2, 0.25) is 0 Å². The molecule has 0 bridgehead atoms. The van der Waals surface area contributed by atoms with E-state index in [2.05, 4.69) is 36.8 Å². The van der Waals surface area contributed by atoms with Gasteiger partial charge in [-0.15, -0.1) is 0 Å². The standard InChI is InChI=1S/C14H28N2S/c1-5-12-9-15-8-6-7-13(15)10-16(12)11-14(2,3)17-4/h12-13H,5-11H2,1-4H3. The summed E-state index contributed by atoms with van der Waals surface area (Å²) >= 11 is 2.00. The summed E-state index contributed by atoms with van der Waals surface area (Å²) in [5, 5.41) is 0. The van der Waals surface area contributed by atoms with E-state index >= 15 is 0 Å². The third kappa shape index (κ3) is 3.18. The minimum Gasteiger partial charge on any atom is -0.298 e. The van der Waals surface area contributed by atoms with Gasteiger partial charge in [-0.05, 0) is 45.9 Å². The van der Waals surface area contributed by atoms with Crippen LogP contribution in [0.1, 0.15) is 40.0 Å². The summed E-state index contributed by atoms with van der Waals surface area (Å²) in [6, 6.07) is 1.64. The first-order chi connectivity index (χ1) is 8.05. The highest BCUT2D eigenvalue weighted by molar-refractivity contribution is 7.99. The molecule has 17 heavy (non-hydrogen) atoms. The van der Waals surface area contributed by atoms with Crippen molar-refractivity contribution in [3.8, 4) is 0 Å². The van der Waals surface area contributed by atoms with Crippen LogP contribution >= 0.6 is 11.8 Å². The zero-order valence-corrected chi connectivity index (χ0v) is 12.7. The van der Waals surface area contributed by atoms with E-state index in [-0.39, 0.29) is 0 Å². The Labute approximate surface area is 111 Å². The van der Waals surface area contributed by atoms with E-state index < -0.39 is 0 Å². The molecule has 0 N–H and O–H groups in total. The van der Waals surface area contributed by atoms with Gasteiger partial charge in [0.25, 0.3) is 0 Å². The summed E-state index contributed by atoms with van der Waals surface area (Å²) in [5.41, 5.74) is 0. The van der Waals surface area contributed by atoms with E-state index in [0.717, 1.165) is 12.1 Å². The smallest absolute Gasteiger partial charge is 0.0228 e. The molecule has 0 saturated carbocycles. The summed E-state index contributed by atoms with van der Waals surface area (Å²) in [7, 11) is 0. The van der Waals surface area contributed by atoms with Crippen LogP contribution < -0.4 is 0 Å². The van der Waals surface area contributed by atoms with Crippen LogP contribution in [0, 0.1) is 0 Å². The quantitative estimate of drug-likeness (QED) is 0.763. The fraction of sp³-hybridized carbons (Fsp3) is 1.00. The topological polar surface area (TPSA) is 6.48 Å². The number of rotatable bonds is 4. The highest BCUT2D eigenvalue weighted by Crippen LogP contribution is 2.29. The van der Waals surface area contributed by atoms with Crippen LogP contribution in [-0.2, 0) is 0 Å². The number of piperazine rings is 1. The maximum Gasteiger partial charge on any atom is 0.0228 e. The highest BCUT2D eigenvalue weighted by atomic mass is 32.2. The Balaban J connectivity index is 1.99. The van der Waals surface area contributed by atoms with Crippen molar-refractivity contribution in [1.29, 1.82) is 0 Å². The van der Waals surface area contributed by atoms with Crippen LogP contribution in [0.3, 0.4) is 0 Å². The lowest BCUT2D eigenvalue weighted by atomic mass is 10.0. The fourth-order valence-electron chi connectivity index (χ4n) is 3.28. The van der Waals surface area contributed by atoms with Crippen molar-refractivity contribution in [3.05, 3.63) is 0 Å². The normalized spacial score (nSPS) is 31.8. The van der Waals surface area contributed by atoms with Gasteiger partial charge in [0.1, 0.15) is 0 Å². The molecule has 2 heterocycles. The first-order valence-electron chi connectivity index (χ1n) is 7.09. The first kappa shape index (κ1) is 13.7. The number of thioether (sulfide) groups is 1. The minimum atomic E-state index is 0.397. The average Bonchev–Trinajstić information content (AvgIpc) is 2.74. The Hall–Kier alpha value is 0.270. The fourth-order valence-corrected chi connectivity index (χ4v) is 3.58. The maximum atomic E-state index is 2.77. The zero-order valence-electron chi connectivity index (χ0n) is 11.9. The van der Waals surface area contributed by atoms with E-state index in [4.69, 9.17) is 0 Å². The van der Waals surface area contributed by atoms with Gasteiger partial charge >= 0.3 is 0 Å². The molecule has 2 atom stereocenters. The van der Waals surface area contributed by atoms with Gasteiger partial charge in [0.15, 0.2) is 0 Å². The lowest BCUT2D eigenvalue weighted by molar-refractivity contribution is 0.0448. The molecule has 0 aromatic carbocycles. The van der Waals surface area contributed by atoms with Gasteiger partial charge < -0.3 is 0 Å². The molecular formula is C14H28N2S. The molecule has 2 aliphatic heterocycles. The summed E-state index contributed by atoms with van der Waals surface area (Å²) < 4.78 is 0.397. The Kier molecular flexibility index (Phi) is 4.43. The van der Waals surface area contributed by atoms with Crippen LogP contribution in [0.25, 0.3) is 0 Å². The van der Waals surface area contributed by atoms with Crippen LogP contribution in [0.5, 0.6) is 0 Å². The van der Waals surface area contributed by atoms with Crippen molar-refractivity contribution in [3.63, 3.8) is 0 Å². The number of fused-ring (bicyclic) bond motifs is 1. The van der Waals surface area contributed by atoms with E-state index in [9.17, 15) is 0 Å². The Morgan fingerprint density at radius 2 is 2.06 bits per heavy atom. The van der Waals surface area contributed by atoms with Gasteiger partial charge in [-0.25, -0.2) is 0 Å². The van der Waals surface area contributed by atoms with Crippen LogP contribution in [0.4, 0.5) is 0 Å². The van der Waals surface area contributed by atoms with E-state index in [1.54, 1.807) is 0 Å². The van der Waals surface area contributed by atoms with Gasteiger partial charge in [0.05, 0.1) is 0 Å². The minimum absolute atomic E-state index is 0.397. The van der Waals surface area contributed by atoms with Crippen LogP contribution in [-0.4, -0.2) is 59.1 Å². The Bertz CT molecular complexity index is 255. The van der Waals surface area contributed by atoms with Gasteiger partial charge in [-0.3, -0.25) is 9.80 Å². The Morgan fingerprint density at radius 3 is 2.71 bits per heavy atom. The molecule has 0 aromatic rings. The van der Waals surface area contributed by atoms with E-state index in [1.807, 2.05) is 11.8 Å². The molecule has 100 valence electrons. The highest BCUT2D eigenvalue weighted by Gasteiger charge is 2.37. The summed E-state index contributed by atoms with van der Waals surface area (Å²) in [5.74, 6) is 0. The molecule has 0 spiro atoms. The molecule has 0 amide bonds. The molecule has 0 radical (unpaired) electrons. The van der Waals surface area contributed by atoms with Crippen molar-refractivity contribution in [2.24, 2.45) is 0 Å². The van der Waals surface area contributed by atoms with Crippen LogP contribution in [0.2, 0.25) is 0 Å². The molecule has 2 rings (SSSR count). The van der Waals surface area contributed by atoms with Crippen molar-refractivity contribution in [2.45, 2.75) is 56.9 Å². The number of hydrogen-bond donors (Lipinski definition) is 0. The van der Waals surface area contributed by atoms with Gasteiger partial charge in [-0.2, -0.15) is 11.8 Å². The van der Waals surface area contributed by atoms with Crippen molar-refractivity contribution in [1.82, 2.24) is 9.80 Å². The number of nitrogens with zero attached hydrogens (tertiary/aromatic N) is 2. The third-order valence-electron chi connectivity index (χ3n) is 4.51. The van der Waals surface area contributed by atoms with Gasteiger partial charge in [-0.1, -0.05) is 6.92 Å². The van der Waals surface area contributed by atoms with Crippen molar-refractivity contribution >= 4 is 11.8 Å². The first-order valence-corrected chi connectivity index (χ1v) is 8.31.